The van der Waals surface area contributed by atoms with Gasteiger partial charge >= 0.3 is 6.03 Å². The first-order valence-electron chi connectivity index (χ1n) is 7.52. The van der Waals surface area contributed by atoms with Crippen LogP contribution in [0.15, 0.2) is 12.3 Å². The maximum Gasteiger partial charge on any atom is 0.318 e. The Balaban J connectivity index is 1.62. The molecule has 3 heterocycles. The van der Waals surface area contributed by atoms with Crippen molar-refractivity contribution in [3.05, 3.63) is 18.0 Å². The summed E-state index contributed by atoms with van der Waals surface area (Å²) in [7, 11) is 0. The molecular formula is C14H22N4O3. The minimum atomic E-state index is -0.572. The van der Waals surface area contributed by atoms with Crippen molar-refractivity contribution in [2.75, 3.05) is 19.7 Å². The second-order valence-electron chi connectivity index (χ2n) is 5.72. The molecule has 0 spiro atoms. The number of nitrogens with one attached hydrogen (secondary N) is 1. The zero-order valence-electron chi connectivity index (χ0n) is 12.2. The fourth-order valence-electron chi connectivity index (χ4n) is 2.96. The summed E-state index contributed by atoms with van der Waals surface area (Å²) in [6, 6.07) is 1.88. The van der Waals surface area contributed by atoms with E-state index in [0.717, 1.165) is 25.1 Å². The van der Waals surface area contributed by atoms with Crippen molar-refractivity contribution < 1.29 is 14.6 Å². The van der Waals surface area contributed by atoms with E-state index in [-0.39, 0.29) is 18.2 Å². The maximum atomic E-state index is 12.4. The third-order valence-electron chi connectivity index (χ3n) is 4.19. The summed E-state index contributed by atoms with van der Waals surface area (Å²) in [5, 5.41) is 16.9. The first-order valence-corrected chi connectivity index (χ1v) is 7.52. The molecule has 116 valence electrons. The minimum absolute atomic E-state index is 0.0154. The standard InChI is InChI=1S/C14H22N4O3/c1-10(19)13-9-17(7-8-21-13)14(20)16-11-3-2-6-18-12(11)4-5-15-18/h4-5,10-11,13,19H,2-3,6-9H2,1H3,(H,16,20). The molecule has 1 aromatic rings. The Morgan fingerprint density at radius 2 is 2.43 bits per heavy atom. The molecule has 3 atom stereocenters. The van der Waals surface area contributed by atoms with Gasteiger partial charge < -0.3 is 20.1 Å². The number of amides is 2. The lowest BCUT2D eigenvalue weighted by Gasteiger charge is -2.35. The van der Waals surface area contributed by atoms with E-state index in [1.54, 1.807) is 18.0 Å². The summed E-state index contributed by atoms with van der Waals surface area (Å²) < 4.78 is 7.42. The van der Waals surface area contributed by atoms with Crippen LogP contribution >= 0.6 is 0 Å². The SMILES string of the molecule is CC(O)C1CN(C(=O)NC2CCCn3nccc32)CCO1. The van der Waals surface area contributed by atoms with Gasteiger partial charge in [0.05, 0.1) is 31.0 Å². The monoisotopic (exact) mass is 294 g/mol. The van der Waals surface area contributed by atoms with E-state index in [4.69, 9.17) is 4.74 Å². The summed E-state index contributed by atoms with van der Waals surface area (Å²) in [5.74, 6) is 0. The number of carbonyl (C=O) groups is 1. The van der Waals surface area contributed by atoms with Gasteiger partial charge in [-0.2, -0.15) is 5.10 Å². The predicted octanol–water partition coefficient (Wildman–Crippen LogP) is 0.509. The second-order valence-corrected chi connectivity index (χ2v) is 5.72. The van der Waals surface area contributed by atoms with Crippen molar-refractivity contribution in [3.63, 3.8) is 0 Å². The average molecular weight is 294 g/mol. The lowest BCUT2D eigenvalue weighted by molar-refractivity contribution is -0.0722. The van der Waals surface area contributed by atoms with Crippen molar-refractivity contribution in [3.8, 4) is 0 Å². The molecule has 7 nitrogen and oxygen atoms in total. The van der Waals surface area contributed by atoms with Gasteiger partial charge in [-0.05, 0) is 25.8 Å². The molecule has 7 heteroatoms. The fraction of sp³-hybridized carbons (Fsp3) is 0.714. The normalized spacial score (nSPS) is 27.0. The first-order chi connectivity index (χ1) is 10.1. The molecule has 2 aliphatic heterocycles. The molecule has 2 amide bonds. The zero-order valence-corrected chi connectivity index (χ0v) is 12.2. The van der Waals surface area contributed by atoms with E-state index in [9.17, 15) is 9.90 Å². The van der Waals surface area contributed by atoms with Crippen LogP contribution in [-0.4, -0.2) is 57.7 Å². The second kappa shape index (κ2) is 6.03. The van der Waals surface area contributed by atoms with E-state index in [1.807, 2.05) is 10.7 Å². The topological polar surface area (TPSA) is 79.6 Å². The summed E-state index contributed by atoms with van der Waals surface area (Å²) in [4.78, 5) is 14.1. The molecule has 2 N–H and O–H groups in total. The van der Waals surface area contributed by atoms with E-state index in [0.29, 0.717) is 19.7 Å². The zero-order chi connectivity index (χ0) is 14.8. The smallest absolute Gasteiger partial charge is 0.318 e. The quantitative estimate of drug-likeness (QED) is 0.833. The Bertz CT molecular complexity index is 502. The van der Waals surface area contributed by atoms with Crippen LogP contribution in [0.4, 0.5) is 4.79 Å². The number of nitrogens with zero attached hydrogens (tertiary/aromatic N) is 3. The Morgan fingerprint density at radius 3 is 3.24 bits per heavy atom. The number of fused-ring (bicyclic) bond motifs is 1. The van der Waals surface area contributed by atoms with Crippen LogP contribution < -0.4 is 5.32 Å². The van der Waals surface area contributed by atoms with Crippen LogP contribution in [0.5, 0.6) is 0 Å². The van der Waals surface area contributed by atoms with Crippen molar-refractivity contribution in [1.82, 2.24) is 20.0 Å². The number of carbonyl (C=O) groups excluding carboxylic acids is 1. The number of aromatic nitrogens is 2. The highest BCUT2D eigenvalue weighted by molar-refractivity contribution is 5.74. The molecule has 2 aliphatic rings. The van der Waals surface area contributed by atoms with Gasteiger partial charge in [0.25, 0.3) is 0 Å². The summed E-state index contributed by atoms with van der Waals surface area (Å²) >= 11 is 0. The molecule has 0 saturated carbocycles. The lowest BCUT2D eigenvalue weighted by Crippen LogP contribution is -2.53. The number of hydrogen-bond donors (Lipinski definition) is 2. The molecule has 0 bridgehead atoms. The number of aliphatic hydroxyl groups excluding tert-OH is 1. The maximum absolute atomic E-state index is 12.4. The highest BCUT2D eigenvalue weighted by atomic mass is 16.5. The molecule has 3 rings (SSSR count). The highest BCUT2D eigenvalue weighted by Gasteiger charge is 2.29. The van der Waals surface area contributed by atoms with Gasteiger partial charge in [-0.3, -0.25) is 4.68 Å². The van der Waals surface area contributed by atoms with Gasteiger partial charge in [0, 0.05) is 19.3 Å². The number of hydrogen-bond acceptors (Lipinski definition) is 4. The van der Waals surface area contributed by atoms with Gasteiger partial charge in [0.2, 0.25) is 0 Å². The fourth-order valence-corrected chi connectivity index (χ4v) is 2.96. The molecule has 3 unspecified atom stereocenters. The third kappa shape index (κ3) is 3.03. The molecule has 1 saturated heterocycles. The molecular weight excluding hydrogens is 272 g/mol. The van der Waals surface area contributed by atoms with Crippen LogP contribution in [0.25, 0.3) is 0 Å². The van der Waals surface area contributed by atoms with Crippen LogP contribution in [0.3, 0.4) is 0 Å². The van der Waals surface area contributed by atoms with Crippen molar-refractivity contribution in [1.29, 1.82) is 0 Å². The van der Waals surface area contributed by atoms with Crippen molar-refractivity contribution in [2.24, 2.45) is 0 Å². The molecule has 1 fully saturated rings. The first kappa shape index (κ1) is 14.3. The van der Waals surface area contributed by atoms with Gasteiger partial charge in [-0.15, -0.1) is 0 Å². The van der Waals surface area contributed by atoms with Crippen LogP contribution in [0.1, 0.15) is 31.5 Å². The number of aliphatic hydroxyl groups is 1. The molecule has 21 heavy (non-hydrogen) atoms. The summed E-state index contributed by atoms with van der Waals surface area (Å²) in [6.45, 7) is 4.05. The minimum Gasteiger partial charge on any atom is -0.391 e. The molecule has 0 aromatic carbocycles. The van der Waals surface area contributed by atoms with Gasteiger partial charge in [-0.1, -0.05) is 0 Å². The van der Waals surface area contributed by atoms with Crippen LogP contribution in [0, 0.1) is 0 Å². The van der Waals surface area contributed by atoms with Gasteiger partial charge in [0.15, 0.2) is 0 Å². The Hall–Kier alpha value is -1.60. The summed E-state index contributed by atoms with van der Waals surface area (Å²) in [5.41, 5.74) is 1.06. The van der Waals surface area contributed by atoms with Crippen LogP contribution in [0.2, 0.25) is 0 Å². The van der Waals surface area contributed by atoms with Gasteiger partial charge in [0.1, 0.15) is 6.10 Å². The molecule has 0 radical (unpaired) electrons. The third-order valence-corrected chi connectivity index (χ3v) is 4.19. The van der Waals surface area contributed by atoms with E-state index in [2.05, 4.69) is 10.4 Å². The number of ether oxygens (including phenoxy) is 1. The number of rotatable bonds is 2. The van der Waals surface area contributed by atoms with Crippen LogP contribution in [-0.2, 0) is 11.3 Å². The van der Waals surface area contributed by atoms with Gasteiger partial charge in [-0.25, -0.2) is 4.79 Å². The average Bonchev–Trinajstić information content (AvgIpc) is 2.97. The number of morpholine rings is 1. The van der Waals surface area contributed by atoms with E-state index in [1.165, 1.54) is 0 Å². The number of urea groups is 1. The molecule has 1 aromatic heterocycles. The van der Waals surface area contributed by atoms with Crippen molar-refractivity contribution in [2.45, 2.75) is 44.6 Å². The number of aryl methyl sites for hydroxylation is 1. The Kier molecular flexibility index (Phi) is 4.12. The largest absolute Gasteiger partial charge is 0.391 e. The highest BCUT2D eigenvalue weighted by Crippen LogP contribution is 2.24. The predicted molar refractivity (Wildman–Crippen MR) is 75.7 cm³/mol. The molecule has 0 aliphatic carbocycles. The van der Waals surface area contributed by atoms with Crippen molar-refractivity contribution >= 4 is 6.03 Å². The summed E-state index contributed by atoms with van der Waals surface area (Å²) in [6.07, 6.45) is 2.84. The lowest BCUT2D eigenvalue weighted by atomic mass is 10.0. The Morgan fingerprint density at radius 1 is 1.57 bits per heavy atom. The van der Waals surface area contributed by atoms with E-state index < -0.39 is 6.10 Å². The van der Waals surface area contributed by atoms with E-state index >= 15 is 0 Å². The Labute approximate surface area is 123 Å².